The molecule has 0 aliphatic carbocycles. The summed E-state index contributed by atoms with van der Waals surface area (Å²) in [6.45, 7) is 1.82. The van der Waals surface area contributed by atoms with Crippen molar-refractivity contribution in [2.24, 2.45) is 0 Å². The van der Waals surface area contributed by atoms with Gasteiger partial charge in [-0.05, 0) is 13.0 Å². The first-order valence-electron chi connectivity index (χ1n) is 8.99. The lowest BCUT2D eigenvalue weighted by molar-refractivity contribution is -0.137. The third-order valence-electron chi connectivity index (χ3n) is 4.28. The summed E-state index contributed by atoms with van der Waals surface area (Å²) < 4.78 is 5.35. The summed E-state index contributed by atoms with van der Waals surface area (Å²) in [4.78, 5) is 24.8. The Balaban J connectivity index is 1.70. The van der Waals surface area contributed by atoms with E-state index < -0.39 is 5.97 Å². The van der Waals surface area contributed by atoms with Gasteiger partial charge in [0.25, 0.3) is 0 Å². The van der Waals surface area contributed by atoms with Gasteiger partial charge in [-0.1, -0.05) is 41.7 Å². The molecule has 0 bridgehead atoms. The topological polar surface area (TPSA) is 101 Å². The summed E-state index contributed by atoms with van der Waals surface area (Å²) in [6, 6.07) is 11.5. The van der Waals surface area contributed by atoms with Gasteiger partial charge in [0.05, 0.1) is 23.2 Å². The Bertz CT molecular complexity index is 1090. The maximum Gasteiger partial charge on any atom is 0.305 e. The second-order valence-electron chi connectivity index (χ2n) is 6.52. The van der Waals surface area contributed by atoms with E-state index in [9.17, 15) is 4.79 Å². The Hall–Kier alpha value is -3.52. The van der Waals surface area contributed by atoms with Gasteiger partial charge in [0.15, 0.2) is 17.3 Å². The van der Waals surface area contributed by atoms with Crippen molar-refractivity contribution in [3.63, 3.8) is 0 Å². The van der Waals surface area contributed by atoms with Crippen LogP contribution in [-0.2, 0) is 4.79 Å². The molecule has 2 N–H and O–H groups in total. The fraction of sp³-hybridized carbons (Fsp3) is 0.143. The predicted molar refractivity (Wildman–Crippen MR) is 112 cm³/mol. The van der Waals surface area contributed by atoms with Crippen molar-refractivity contribution in [1.82, 2.24) is 15.0 Å². The lowest BCUT2D eigenvalue weighted by Gasteiger charge is -2.09. The van der Waals surface area contributed by atoms with Crippen LogP contribution in [0.25, 0.3) is 33.0 Å². The zero-order valence-electron chi connectivity index (χ0n) is 15.6. The summed E-state index contributed by atoms with van der Waals surface area (Å²) in [7, 11) is 0. The van der Waals surface area contributed by atoms with E-state index in [2.05, 4.69) is 15.3 Å². The van der Waals surface area contributed by atoms with Gasteiger partial charge in [-0.3, -0.25) is 9.78 Å². The van der Waals surface area contributed by atoms with Gasteiger partial charge in [0.1, 0.15) is 0 Å². The minimum Gasteiger partial charge on any atom is -0.481 e. The molecule has 1 atom stereocenters. The molecule has 7 nitrogen and oxygen atoms in total. The number of anilines is 1. The summed E-state index contributed by atoms with van der Waals surface area (Å²) in [5.41, 5.74) is 3.65. The number of thiazole rings is 1. The molecule has 4 aromatic rings. The monoisotopic (exact) mass is 406 g/mol. The molecule has 0 saturated heterocycles. The number of rotatable bonds is 7. The molecular weight excluding hydrogens is 388 g/mol. The average molecular weight is 406 g/mol. The Morgan fingerprint density at radius 3 is 2.59 bits per heavy atom. The second kappa shape index (κ2) is 8.24. The molecule has 0 spiro atoms. The van der Waals surface area contributed by atoms with Crippen LogP contribution in [-0.4, -0.2) is 32.1 Å². The van der Waals surface area contributed by atoms with Crippen LogP contribution in [0.4, 0.5) is 5.13 Å². The van der Waals surface area contributed by atoms with Gasteiger partial charge in [-0.25, -0.2) is 9.97 Å². The maximum atomic E-state index is 11.0. The summed E-state index contributed by atoms with van der Waals surface area (Å²) in [5.74, 6) is -0.149. The number of nitrogens with zero attached hydrogens (tertiary/aromatic N) is 3. The zero-order chi connectivity index (χ0) is 20.2. The molecular formula is C21H18N4O3S. The Morgan fingerprint density at radius 2 is 1.93 bits per heavy atom. The molecule has 1 unspecified atom stereocenters. The van der Waals surface area contributed by atoms with Crippen LogP contribution in [0.1, 0.15) is 13.3 Å². The minimum absolute atomic E-state index is 0.0169. The number of aliphatic carboxylic acids is 1. The van der Waals surface area contributed by atoms with Crippen molar-refractivity contribution in [2.45, 2.75) is 19.4 Å². The molecule has 0 aliphatic heterocycles. The van der Waals surface area contributed by atoms with Crippen molar-refractivity contribution >= 4 is 22.4 Å². The zero-order valence-corrected chi connectivity index (χ0v) is 16.4. The van der Waals surface area contributed by atoms with Gasteiger partial charge in [-0.15, -0.1) is 0 Å². The minimum atomic E-state index is -0.850. The average Bonchev–Trinajstić information content (AvgIpc) is 3.38. The number of carbonyl (C=O) groups is 1. The van der Waals surface area contributed by atoms with E-state index in [1.807, 2.05) is 43.3 Å². The largest absolute Gasteiger partial charge is 0.481 e. The van der Waals surface area contributed by atoms with E-state index in [0.717, 1.165) is 27.3 Å². The fourth-order valence-corrected chi connectivity index (χ4v) is 4.03. The molecule has 0 fully saturated rings. The lowest BCUT2D eigenvalue weighted by Crippen LogP contribution is -2.19. The molecule has 3 aromatic heterocycles. The van der Waals surface area contributed by atoms with Crippen LogP contribution in [0, 0.1) is 0 Å². The number of hydrogen-bond acceptors (Lipinski definition) is 7. The normalized spacial score (nSPS) is 11.9. The van der Waals surface area contributed by atoms with E-state index >= 15 is 0 Å². The number of pyridine rings is 1. The maximum absolute atomic E-state index is 11.0. The molecule has 0 amide bonds. The third-order valence-corrected chi connectivity index (χ3v) is 5.31. The molecule has 0 aliphatic rings. The highest BCUT2D eigenvalue weighted by atomic mass is 32.1. The number of carboxylic acids is 1. The van der Waals surface area contributed by atoms with E-state index in [0.29, 0.717) is 10.9 Å². The fourth-order valence-electron chi connectivity index (χ4n) is 2.94. The van der Waals surface area contributed by atoms with E-state index in [1.54, 1.807) is 18.6 Å². The summed E-state index contributed by atoms with van der Waals surface area (Å²) >= 11 is 1.48. The first kappa shape index (κ1) is 18.8. The standard InChI is InChI=1S/C21H18N4O3S/c1-13(9-18(26)27)24-21-25-19(20(29-21)16-3-2-8-22-10-16)15-6-4-14(5-7-15)17-11-23-12-28-17/h2-8,10-13H,9H2,1H3,(H,24,25)(H,26,27). The Morgan fingerprint density at radius 1 is 1.14 bits per heavy atom. The number of oxazole rings is 1. The number of carboxylic acid groups (broad SMARTS) is 1. The molecule has 4 rings (SSSR count). The number of nitrogens with one attached hydrogen (secondary N) is 1. The van der Waals surface area contributed by atoms with Crippen LogP contribution in [0.3, 0.4) is 0 Å². The van der Waals surface area contributed by atoms with Crippen molar-refractivity contribution in [1.29, 1.82) is 0 Å². The predicted octanol–water partition coefficient (Wildman–Crippen LogP) is 4.80. The van der Waals surface area contributed by atoms with Crippen molar-refractivity contribution in [3.8, 4) is 33.0 Å². The van der Waals surface area contributed by atoms with Crippen LogP contribution < -0.4 is 5.32 Å². The molecule has 29 heavy (non-hydrogen) atoms. The number of aromatic nitrogens is 3. The van der Waals surface area contributed by atoms with E-state index in [1.165, 1.54) is 17.7 Å². The van der Waals surface area contributed by atoms with Crippen LogP contribution >= 0.6 is 11.3 Å². The second-order valence-corrected chi connectivity index (χ2v) is 7.52. The first-order valence-corrected chi connectivity index (χ1v) is 9.80. The number of hydrogen-bond donors (Lipinski definition) is 2. The Labute approximate surface area is 171 Å². The van der Waals surface area contributed by atoms with Crippen molar-refractivity contribution in [2.75, 3.05) is 5.32 Å². The molecule has 1 aromatic carbocycles. The summed E-state index contributed by atoms with van der Waals surface area (Å²) in [5, 5.41) is 12.9. The quantitative estimate of drug-likeness (QED) is 0.454. The smallest absolute Gasteiger partial charge is 0.305 e. The number of benzene rings is 1. The molecule has 8 heteroatoms. The highest BCUT2D eigenvalue weighted by Gasteiger charge is 2.17. The van der Waals surface area contributed by atoms with Crippen LogP contribution in [0.5, 0.6) is 0 Å². The van der Waals surface area contributed by atoms with Gasteiger partial charge < -0.3 is 14.8 Å². The van der Waals surface area contributed by atoms with Gasteiger partial charge in [0.2, 0.25) is 0 Å². The van der Waals surface area contributed by atoms with E-state index in [4.69, 9.17) is 14.5 Å². The van der Waals surface area contributed by atoms with Crippen LogP contribution in [0.2, 0.25) is 0 Å². The molecule has 3 heterocycles. The highest BCUT2D eigenvalue weighted by molar-refractivity contribution is 7.19. The summed E-state index contributed by atoms with van der Waals surface area (Å²) in [6.07, 6.45) is 6.61. The van der Waals surface area contributed by atoms with Gasteiger partial charge >= 0.3 is 5.97 Å². The molecule has 0 saturated carbocycles. The lowest BCUT2D eigenvalue weighted by atomic mass is 10.1. The van der Waals surface area contributed by atoms with E-state index in [-0.39, 0.29) is 12.5 Å². The Kier molecular flexibility index (Phi) is 5.35. The van der Waals surface area contributed by atoms with Gasteiger partial charge in [-0.2, -0.15) is 0 Å². The first-order chi connectivity index (χ1) is 14.1. The SMILES string of the molecule is CC(CC(=O)O)Nc1nc(-c2ccc(-c3cnco3)cc2)c(-c2cccnc2)s1. The third kappa shape index (κ3) is 4.33. The van der Waals surface area contributed by atoms with Gasteiger partial charge in [0, 0.05) is 35.1 Å². The molecule has 0 radical (unpaired) electrons. The molecule has 146 valence electrons. The van der Waals surface area contributed by atoms with Crippen molar-refractivity contribution < 1.29 is 14.3 Å². The van der Waals surface area contributed by atoms with Crippen LogP contribution in [0.15, 0.2) is 65.8 Å². The van der Waals surface area contributed by atoms with Crippen molar-refractivity contribution in [3.05, 3.63) is 61.4 Å². The highest BCUT2D eigenvalue weighted by Crippen LogP contribution is 2.39.